The summed E-state index contributed by atoms with van der Waals surface area (Å²) in [5.41, 5.74) is 6.72. The maximum Gasteiger partial charge on any atom is 0.137 e. The highest BCUT2D eigenvalue weighted by molar-refractivity contribution is 5.58. The normalized spacial score (nSPS) is 12.1. The zero-order valence-corrected chi connectivity index (χ0v) is 7.01. The molecule has 0 aromatic heterocycles. The van der Waals surface area contributed by atoms with E-state index in [0.717, 1.165) is 5.56 Å². The smallest absolute Gasteiger partial charge is 0.137 e. The van der Waals surface area contributed by atoms with Crippen LogP contribution in [0.4, 0.5) is 5.69 Å². The maximum atomic E-state index is 10.2. The molecule has 4 nitrogen and oxygen atoms in total. The van der Waals surface area contributed by atoms with Crippen LogP contribution < -0.4 is 5.73 Å². The first-order chi connectivity index (χ1) is 6.26. The monoisotopic (exact) mass is 178 g/mol. The fraction of sp³-hybridized carbons (Fsp3) is 0.222. The molecule has 0 radical (unpaired) electrons. The van der Waals surface area contributed by atoms with Gasteiger partial charge in [0.25, 0.3) is 0 Å². The molecule has 0 amide bonds. The zero-order chi connectivity index (χ0) is 9.68. The zero-order valence-electron chi connectivity index (χ0n) is 7.01. The van der Waals surface area contributed by atoms with Gasteiger partial charge < -0.3 is 10.5 Å². The van der Waals surface area contributed by atoms with E-state index < -0.39 is 6.04 Å². The van der Waals surface area contributed by atoms with E-state index in [-0.39, 0.29) is 0 Å². The molecule has 13 heavy (non-hydrogen) atoms. The quantitative estimate of drug-likeness (QED) is 0.555. The number of carbonyl (C=O) groups excluding carboxylic acids is 1. The summed E-state index contributed by atoms with van der Waals surface area (Å²) in [6.07, 6.45) is 1.19. The van der Waals surface area contributed by atoms with Crippen molar-refractivity contribution in [3.05, 3.63) is 34.7 Å². The summed E-state index contributed by atoms with van der Waals surface area (Å²) in [6, 6.07) is 6.19. The van der Waals surface area contributed by atoms with Gasteiger partial charge in [0.05, 0.1) is 6.04 Å². The van der Waals surface area contributed by atoms with Gasteiger partial charge in [0, 0.05) is 0 Å². The van der Waals surface area contributed by atoms with E-state index in [0.29, 0.717) is 18.4 Å². The molecule has 0 aliphatic heterocycles. The summed E-state index contributed by atoms with van der Waals surface area (Å²) in [7, 11) is 0. The van der Waals surface area contributed by atoms with Crippen LogP contribution in [0.1, 0.15) is 5.56 Å². The van der Waals surface area contributed by atoms with Gasteiger partial charge in [0.1, 0.15) is 12.0 Å². The molecule has 0 heterocycles. The van der Waals surface area contributed by atoms with Crippen LogP contribution in [0.3, 0.4) is 0 Å². The molecule has 1 unspecified atom stereocenters. The Balaban J connectivity index is 2.69. The third-order valence-electron chi connectivity index (χ3n) is 1.69. The van der Waals surface area contributed by atoms with Crippen molar-refractivity contribution in [3.8, 4) is 0 Å². The summed E-state index contributed by atoms with van der Waals surface area (Å²) in [5, 5.41) is 2.76. The lowest BCUT2D eigenvalue weighted by molar-refractivity contribution is -0.108. The molecule has 4 heteroatoms. The van der Waals surface area contributed by atoms with Crippen LogP contribution in [0, 0.1) is 4.91 Å². The van der Waals surface area contributed by atoms with Crippen LogP contribution in [0.5, 0.6) is 0 Å². The van der Waals surface area contributed by atoms with Crippen LogP contribution in [-0.4, -0.2) is 12.3 Å². The summed E-state index contributed by atoms with van der Waals surface area (Å²) >= 11 is 0. The van der Waals surface area contributed by atoms with Crippen LogP contribution in [0.15, 0.2) is 29.4 Å². The Morgan fingerprint density at radius 1 is 1.38 bits per heavy atom. The molecule has 0 fully saturated rings. The Labute approximate surface area is 75.7 Å². The van der Waals surface area contributed by atoms with Crippen LogP contribution in [0.2, 0.25) is 0 Å². The van der Waals surface area contributed by atoms with Gasteiger partial charge in [0.2, 0.25) is 0 Å². The molecule has 0 saturated heterocycles. The lowest BCUT2D eigenvalue weighted by atomic mass is 10.1. The lowest BCUT2D eigenvalue weighted by Crippen LogP contribution is -2.23. The van der Waals surface area contributed by atoms with Crippen LogP contribution in [-0.2, 0) is 11.2 Å². The molecule has 1 atom stereocenters. The predicted molar refractivity (Wildman–Crippen MR) is 49.6 cm³/mol. The molecule has 0 spiro atoms. The van der Waals surface area contributed by atoms with Gasteiger partial charge >= 0.3 is 0 Å². The van der Waals surface area contributed by atoms with E-state index in [1.807, 2.05) is 0 Å². The SMILES string of the molecule is NC(C=O)Cc1ccc(N=O)cc1. The number of rotatable bonds is 4. The Morgan fingerprint density at radius 3 is 2.46 bits per heavy atom. The molecule has 68 valence electrons. The number of hydrogen-bond donors (Lipinski definition) is 1. The highest BCUT2D eigenvalue weighted by Crippen LogP contribution is 2.12. The number of nitrogens with zero attached hydrogens (tertiary/aromatic N) is 1. The highest BCUT2D eigenvalue weighted by Gasteiger charge is 2.01. The van der Waals surface area contributed by atoms with E-state index in [1.54, 1.807) is 24.3 Å². The summed E-state index contributed by atoms with van der Waals surface area (Å²) in [4.78, 5) is 20.3. The number of carbonyl (C=O) groups is 1. The number of nitrogens with two attached hydrogens (primary N) is 1. The van der Waals surface area contributed by atoms with Crippen LogP contribution in [0.25, 0.3) is 0 Å². The van der Waals surface area contributed by atoms with Crippen molar-refractivity contribution in [3.63, 3.8) is 0 Å². The van der Waals surface area contributed by atoms with Crippen molar-refractivity contribution in [1.82, 2.24) is 0 Å². The summed E-state index contributed by atoms with van der Waals surface area (Å²) in [6.45, 7) is 0. The highest BCUT2D eigenvalue weighted by atomic mass is 16.3. The number of aldehydes is 1. The molecule has 0 bridgehead atoms. The third-order valence-corrected chi connectivity index (χ3v) is 1.69. The van der Waals surface area contributed by atoms with Gasteiger partial charge in [-0.1, -0.05) is 12.1 Å². The van der Waals surface area contributed by atoms with E-state index in [4.69, 9.17) is 5.73 Å². The first-order valence-electron chi connectivity index (χ1n) is 3.89. The Hall–Kier alpha value is -1.55. The number of nitroso groups, excluding NO2 is 1. The molecule has 0 aliphatic rings. The summed E-state index contributed by atoms with van der Waals surface area (Å²) < 4.78 is 0. The molecule has 1 rings (SSSR count). The molecule has 0 aliphatic carbocycles. The topological polar surface area (TPSA) is 72.5 Å². The third kappa shape index (κ3) is 2.76. The van der Waals surface area contributed by atoms with Crippen molar-refractivity contribution in [1.29, 1.82) is 0 Å². The minimum Gasteiger partial charge on any atom is -0.321 e. The second kappa shape index (κ2) is 4.47. The predicted octanol–water partition coefficient (Wildman–Crippen LogP) is 1.15. The van der Waals surface area contributed by atoms with E-state index in [1.165, 1.54) is 0 Å². The summed E-state index contributed by atoms with van der Waals surface area (Å²) in [5.74, 6) is 0. The van der Waals surface area contributed by atoms with Crippen molar-refractivity contribution < 1.29 is 4.79 Å². The van der Waals surface area contributed by atoms with Gasteiger partial charge in [-0.05, 0) is 29.3 Å². The van der Waals surface area contributed by atoms with Crippen molar-refractivity contribution in [2.24, 2.45) is 10.9 Å². The van der Waals surface area contributed by atoms with Crippen molar-refractivity contribution in [2.75, 3.05) is 0 Å². The molecule has 2 N–H and O–H groups in total. The van der Waals surface area contributed by atoms with E-state index in [9.17, 15) is 9.70 Å². The largest absolute Gasteiger partial charge is 0.321 e. The van der Waals surface area contributed by atoms with Gasteiger partial charge in [-0.25, -0.2) is 0 Å². The van der Waals surface area contributed by atoms with Crippen molar-refractivity contribution in [2.45, 2.75) is 12.5 Å². The van der Waals surface area contributed by atoms with E-state index >= 15 is 0 Å². The molecule has 1 aromatic carbocycles. The van der Waals surface area contributed by atoms with Crippen LogP contribution >= 0.6 is 0 Å². The first-order valence-corrected chi connectivity index (χ1v) is 3.89. The minimum absolute atomic E-state index is 0.378. The minimum atomic E-state index is -0.477. The average Bonchev–Trinajstić information content (AvgIpc) is 2.19. The Kier molecular flexibility index (Phi) is 3.28. The Morgan fingerprint density at radius 2 is 2.00 bits per heavy atom. The molecular formula is C9H10N2O2. The number of hydrogen-bond acceptors (Lipinski definition) is 4. The number of benzene rings is 1. The fourth-order valence-electron chi connectivity index (χ4n) is 1.01. The molecular weight excluding hydrogens is 168 g/mol. The first kappa shape index (κ1) is 9.54. The Bertz CT molecular complexity index is 295. The molecule has 0 saturated carbocycles. The second-order valence-corrected chi connectivity index (χ2v) is 2.76. The average molecular weight is 178 g/mol. The van der Waals surface area contributed by atoms with Gasteiger partial charge in [-0.15, -0.1) is 4.91 Å². The second-order valence-electron chi connectivity index (χ2n) is 2.76. The van der Waals surface area contributed by atoms with Crippen molar-refractivity contribution >= 4 is 12.0 Å². The molecule has 1 aromatic rings. The van der Waals surface area contributed by atoms with Gasteiger partial charge in [0.15, 0.2) is 0 Å². The maximum absolute atomic E-state index is 10.2. The lowest BCUT2D eigenvalue weighted by Gasteiger charge is -2.02. The van der Waals surface area contributed by atoms with Gasteiger partial charge in [-0.2, -0.15) is 0 Å². The van der Waals surface area contributed by atoms with E-state index in [2.05, 4.69) is 5.18 Å². The fourth-order valence-corrected chi connectivity index (χ4v) is 1.01. The standard InChI is InChI=1S/C9H10N2O2/c10-8(6-12)5-7-1-3-9(11-13)4-2-7/h1-4,6,8H,5,10H2. The van der Waals surface area contributed by atoms with Gasteiger partial charge in [-0.3, -0.25) is 0 Å².